The fourth-order valence-electron chi connectivity index (χ4n) is 1.84. The predicted octanol–water partition coefficient (Wildman–Crippen LogP) is 3.92. The molecule has 3 nitrogen and oxygen atoms in total. The highest BCUT2D eigenvalue weighted by Crippen LogP contribution is 2.29. The van der Waals surface area contributed by atoms with Crippen molar-refractivity contribution in [2.24, 2.45) is 0 Å². The lowest BCUT2D eigenvalue weighted by Crippen LogP contribution is -1.94. The van der Waals surface area contributed by atoms with Gasteiger partial charge in [0.25, 0.3) is 0 Å². The number of thiazole rings is 1. The van der Waals surface area contributed by atoms with Crippen molar-refractivity contribution in [1.82, 2.24) is 4.98 Å². The van der Waals surface area contributed by atoms with E-state index < -0.39 is 0 Å². The maximum Gasteiger partial charge on any atom is 0.183 e. The standard InChI is InChI=1S/C15H14N2OS/c1-16-15-17-13-8-7-12(9-14(13)19-15)18-10-11-5-3-2-4-6-11/h2-9H,10H2,1H3,(H,16,17). The summed E-state index contributed by atoms with van der Waals surface area (Å²) in [6.45, 7) is 0.587. The van der Waals surface area contributed by atoms with Gasteiger partial charge in [0, 0.05) is 7.05 Å². The number of aromatic nitrogens is 1. The number of fused-ring (bicyclic) bond motifs is 1. The normalized spacial score (nSPS) is 10.6. The van der Waals surface area contributed by atoms with Crippen LogP contribution in [0.4, 0.5) is 5.13 Å². The van der Waals surface area contributed by atoms with Crippen LogP contribution in [0.1, 0.15) is 5.56 Å². The fraction of sp³-hybridized carbons (Fsp3) is 0.133. The van der Waals surface area contributed by atoms with Gasteiger partial charge in [-0.25, -0.2) is 4.98 Å². The van der Waals surface area contributed by atoms with Gasteiger partial charge in [0.1, 0.15) is 12.4 Å². The number of anilines is 1. The number of hydrogen-bond acceptors (Lipinski definition) is 4. The van der Waals surface area contributed by atoms with E-state index in [2.05, 4.69) is 22.4 Å². The van der Waals surface area contributed by atoms with Crippen molar-refractivity contribution in [3.8, 4) is 5.75 Å². The first-order valence-corrected chi connectivity index (χ1v) is 6.92. The summed E-state index contributed by atoms with van der Waals surface area (Å²) >= 11 is 1.63. The minimum absolute atomic E-state index is 0.587. The molecule has 4 heteroatoms. The number of nitrogens with zero attached hydrogens (tertiary/aromatic N) is 1. The summed E-state index contributed by atoms with van der Waals surface area (Å²) < 4.78 is 6.94. The Morgan fingerprint density at radius 1 is 1.16 bits per heavy atom. The van der Waals surface area contributed by atoms with Crippen LogP contribution in [0.15, 0.2) is 48.5 Å². The summed E-state index contributed by atoms with van der Waals surface area (Å²) in [4.78, 5) is 4.44. The van der Waals surface area contributed by atoms with E-state index in [0.29, 0.717) is 6.61 Å². The second-order valence-electron chi connectivity index (χ2n) is 4.17. The highest BCUT2D eigenvalue weighted by atomic mass is 32.1. The molecule has 0 saturated carbocycles. The molecule has 1 aromatic heterocycles. The lowest BCUT2D eigenvalue weighted by Gasteiger charge is -2.05. The summed E-state index contributed by atoms with van der Waals surface area (Å²) in [7, 11) is 1.88. The predicted molar refractivity (Wildman–Crippen MR) is 79.9 cm³/mol. The highest BCUT2D eigenvalue weighted by Gasteiger charge is 2.04. The summed E-state index contributed by atoms with van der Waals surface area (Å²) in [5.41, 5.74) is 2.17. The Morgan fingerprint density at radius 2 is 2.00 bits per heavy atom. The Hall–Kier alpha value is -2.07. The molecule has 0 fully saturated rings. The Labute approximate surface area is 115 Å². The molecule has 2 aromatic carbocycles. The topological polar surface area (TPSA) is 34.2 Å². The van der Waals surface area contributed by atoms with E-state index in [-0.39, 0.29) is 0 Å². The second kappa shape index (κ2) is 5.28. The molecule has 0 radical (unpaired) electrons. The van der Waals surface area contributed by atoms with Crippen LogP contribution in [0.25, 0.3) is 10.2 Å². The van der Waals surface area contributed by atoms with Crippen molar-refractivity contribution in [2.45, 2.75) is 6.61 Å². The first-order chi connectivity index (χ1) is 9.35. The monoisotopic (exact) mass is 270 g/mol. The number of nitrogens with one attached hydrogen (secondary N) is 1. The number of ether oxygens (including phenoxy) is 1. The molecular formula is C15H14N2OS. The average Bonchev–Trinajstić information content (AvgIpc) is 2.88. The van der Waals surface area contributed by atoms with Crippen molar-refractivity contribution in [1.29, 1.82) is 0 Å². The van der Waals surface area contributed by atoms with E-state index in [1.54, 1.807) is 11.3 Å². The fourth-order valence-corrected chi connectivity index (χ4v) is 2.69. The van der Waals surface area contributed by atoms with Crippen molar-refractivity contribution in [2.75, 3.05) is 12.4 Å². The molecule has 19 heavy (non-hydrogen) atoms. The third-order valence-corrected chi connectivity index (χ3v) is 3.86. The first-order valence-electron chi connectivity index (χ1n) is 6.10. The van der Waals surface area contributed by atoms with E-state index in [1.807, 2.05) is 43.4 Å². The summed E-state index contributed by atoms with van der Waals surface area (Å²) in [6.07, 6.45) is 0. The highest BCUT2D eigenvalue weighted by molar-refractivity contribution is 7.22. The molecule has 0 atom stereocenters. The SMILES string of the molecule is CNc1nc2ccc(OCc3ccccc3)cc2s1. The van der Waals surface area contributed by atoms with Gasteiger partial charge in [-0.1, -0.05) is 41.7 Å². The minimum atomic E-state index is 0.587. The lowest BCUT2D eigenvalue weighted by atomic mass is 10.2. The third-order valence-electron chi connectivity index (χ3n) is 2.82. The molecule has 1 heterocycles. The van der Waals surface area contributed by atoms with Gasteiger partial charge >= 0.3 is 0 Å². The van der Waals surface area contributed by atoms with Crippen LogP contribution in [0.5, 0.6) is 5.75 Å². The van der Waals surface area contributed by atoms with Crippen LogP contribution in [0.2, 0.25) is 0 Å². The van der Waals surface area contributed by atoms with E-state index in [1.165, 1.54) is 5.56 Å². The number of hydrogen-bond donors (Lipinski definition) is 1. The van der Waals surface area contributed by atoms with Crippen LogP contribution in [0, 0.1) is 0 Å². The lowest BCUT2D eigenvalue weighted by molar-refractivity contribution is 0.306. The van der Waals surface area contributed by atoms with Crippen molar-refractivity contribution < 1.29 is 4.74 Å². The summed E-state index contributed by atoms with van der Waals surface area (Å²) in [6, 6.07) is 16.2. The molecule has 0 unspecified atom stereocenters. The summed E-state index contributed by atoms with van der Waals surface area (Å²) in [5, 5.41) is 3.99. The van der Waals surface area contributed by atoms with Crippen LogP contribution >= 0.6 is 11.3 Å². The zero-order valence-corrected chi connectivity index (χ0v) is 11.4. The van der Waals surface area contributed by atoms with E-state index in [4.69, 9.17) is 4.74 Å². The molecule has 96 valence electrons. The van der Waals surface area contributed by atoms with Gasteiger partial charge in [0.05, 0.1) is 10.2 Å². The van der Waals surface area contributed by atoms with Gasteiger partial charge in [-0.05, 0) is 23.8 Å². The molecule has 0 amide bonds. The molecular weight excluding hydrogens is 256 g/mol. The maximum absolute atomic E-state index is 5.80. The van der Waals surface area contributed by atoms with Crippen molar-refractivity contribution in [3.63, 3.8) is 0 Å². The van der Waals surface area contributed by atoms with Crippen LogP contribution in [0.3, 0.4) is 0 Å². The molecule has 3 rings (SSSR count). The van der Waals surface area contributed by atoms with Crippen molar-refractivity contribution in [3.05, 3.63) is 54.1 Å². The van der Waals surface area contributed by atoms with E-state index in [9.17, 15) is 0 Å². The van der Waals surface area contributed by atoms with Gasteiger partial charge in [0.2, 0.25) is 0 Å². The molecule has 0 aliphatic carbocycles. The number of benzene rings is 2. The molecule has 0 aliphatic heterocycles. The van der Waals surface area contributed by atoms with Gasteiger partial charge in [-0.3, -0.25) is 0 Å². The maximum atomic E-state index is 5.80. The molecule has 0 aliphatic rings. The third kappa shape index (κ3) is 2.69. The Kier molecular flexibility index (Phi) is 3.33. The van der Waals surface area contributed by atoms with E-state index in [0.717, 1.165) is 21.1 Å². The van der Waals surface area contributed by atoms with Gasteiger partial charge in [-0.2, -0.15) is 0 Å². The molecule has 0 bridgehead atoms. The second-order valence-corrected chi connectivity index (χ2v) is 5.20. The zero-order chi connectivity index (χ0) is 13.1. The van der Waals surface area contributed by atoms with Gasteiger partial charge in [-0.15, -0.1) is 0 Å². The average molecular weight is 270 g/mol. The van der Waals surface area contributed by atoms with Crippen LogP contribution in [-0.2, 0) is 6.61 Å². The Bertz CT molecular complexity index is 679. The van der Waals surface area contributed by atoms with Crippen LogP contribution in [-0.4, -0.2) is 12.0 Å². The zero-order valence-electron chi connectivity index (χ0n) is 10.6. The molecule has 1 N–H and O–H groups in total. The van der Waals surface area contributed by atoms with Crippen molar-refractivity contribution >= 4 is 26.7 Å². The van der Waals surface area contributed by atoms with Gasteiger partial charge < -0.3 is 10.1 Å². The largest absolute Gasteiger partial charge is 0.489 e. The Morgan fingerprint density at radius 3 is 2.79 bits per heavy atom. The quantitative estimate of drug-likeness (QED) is 0.780. The smallest absolute Gasteiger partial charge is 0.183 e. The van der Waals surface area contributed by atoms with E-state index >= 15 is 0 Å². The minimum Gasteiger partial charge on any atom is -0.489 e. The summed E-state index contributed by atoms with van der Waals surface area (Å²) in [5.74, 6) is 0.877. The van der Waals surface area contributed by atoms with Crippen LogP contribution < -0.4 is 10.1 Å². The molecule has 0 saturated heterocycles. The molecule has 3 aromatic rings. The Balaban J connectivity index is 1.78. The first kappa shape index (κ1) is 12.0. The van der Waals surface area contributed by atoms with Gasteiger partial charge in [0.15, 0.2) is 5.13 Å². The number of rotatable bonds is 4. The molecule has 0 spiro atoms.